The normalized spacial score (nSPS) is 11.0. The number of hydrogen-bond acceptors (Lipinski definition) is 0. The Morgan fingerprint density at radius 2 is 2.15 bits per heavy atom. The Kier molecular flexibility index (Phi) is 2.51. The first-order valence-corrected chi connectivity index (χ1v) is 5.62. The molecule has 0 saturated heterocycles. The topological polar surface area (TPSA) is 4.93 Å². The Morgan fingerprint density at radius 3 is 2.85 bits per heavy atom. The van der Waals surface area contributed by atoms with Gasteiger partial charge >= 0.3 is 0 Å². The summed E-state index contributed by atoms with van der Waals surface area (Å²) in [5.41, 5.74) is 1.26. The molecule has 0 atom stereocenters. The van der Waals surface area contributed by atoms with Gasteiger partial charge < -0.3 is 4.57 Å². The molecule has 0 radical (unpaired) electrons. The molecule has 1 nitrogen and oxygen atoms in total. The van der Waals surface area contributed by atoms with Crippen LogP contribution in [-0.4, -0.2) is 4.57 Å². The Balaban J connectivity index is 2.79. The third-order valence-electron chi connectivity index (χ3n) is 2.13. The molecule has 0 amide bonds. The van der Waals surface area contributed by atoms with Crippen LogP contribution in [0.4, 0.5) is 0 Å². The van der Waals surface area contributed by atoms with Gasteiger partial charge in [0.05, 0.1) is 3.70 Å². The fraction of sp³-hybridized carbons (Fsp3) is 0.200. The first-order valence-electron chi connectivity index (χ1n) is 4.16. The Bertz CT molecular complexity index is 447. The summed E-state index contributed by atoms with van der Waals surface area (Å²) in [7, 11) is 0. The van der Waals surface area contributed by atoms with Gasteiger partial charge in [0.2, 0.25) is 0 Å². The number of aryl methyl sites for hydroxylation is 1. The summed E-state index contributed by atoms with van der Waals surface area (Å²) < 4.78 is 3.53. The van der Waals surface area contributed by atoms with Crippen LogP contribution in [0, 0.1) is 3.70 Å². The molecule has 0 unspecified atom stereocenters. The molecular weight excluding hydrogens is 296 g/mol. The van der Waals surface area contributed by atoms with Gasteiger partial charge in [0.1, 0.15) is 0 Å². The van der Waals surface area contributed by atoms with E-state index in [0.29, 0.717) is 0 Å². The summed E-state index contributed by atoms with van der Waals surface area (Å²) in [6.45, 7) is 3.15. The standard InChI is InChI=1S/C10H9ClIN/c1-2-13-9-4-3-8(11)5-7(9)6-10(13)12/h3-6H,2H2,1H3. The van der Waals surface area contributed by atoms with E-state index in [9.17, 15) is 0 Å². The first-order chi connectivity index (χ1) is 6.22. The largest absolute Gasteiger partial charge is 0.336 e. The number of fused-ring (bicyclic) bond motifs is 1. The van der Waals surface area contributed by atoms with Gasteiger partial charge in [-0.05, 0) is 53.8 Å². The van der Waals surface area contributed by atoms with E-state index in [0.717, 1.165) is 11.6 Å². The van der Waals surface area contributed by atoms with Crippen LogP contribution in [-0.2, 0) is 6.54 Å². The van der Waals surface area contributed by atoms with Crippen LogP contribution in [0.5, 0.6) is 0 Å². The fourth-order valence-electron chi connectivity index (χ4n) is 1.53. The van der Waals surface area contributed by atoms with Crippen molar-refractivity contribution in [3.8, 4) is 0 Å². The van der Waals surface area contributed by atoms with E-state index in [-0.39, 0.29) is 0 Å². The lowest BCUT2D eigenvalue weighted by atomic mass is 10.2. The second-order valence-corrected chi connectivity index (χ2v) is 4.46. The van der Waals surface area contributed by atoms with E-state index in [1.807, 2.05) is 12.1 Å². The van der Waals surface area contributed by atoms with Crippen molar-refractivity contribution in [3.63, 3.8) is 0 Å². The summed E-state index contributed by atoms with van der Waals surface area (Å²) in [5, 5.41) is 2.02. The van der Waals surface area contributed by atoms with Crippen molar-refractivity contribution >= 4 is 45.1 Å². The average Bonchev–Trinajstić information content (AvgIpc) is 2.39. The molecule has 68 valence electrons. The molecule has 0 bridgehead atoms. The lowest BCUT2D eigenvalue weighted by Crippen LogP contribution is -1.94. The fourth-order valence-corrected chi connectivity index (χ4v) is 2.65. The van der Waals surface area contributed by atoms with Crippen molar-refractivity contribution in [2.75, 3.05) is 0 Å². The molecule has 0 saturated carbocycles. The molecule has 0 fully saturated rings. The van der Waals surface area contributed by atoms with Crippen LogP contribution in [0.25, 0.3) is 10.9 Å². The monoisotopic (exact) mass is 305 g/mol. The van der Waals surface area contributed by atoms with Crippen LogP contribution in [0.1, 0.15) is 6.92 Å². The molecule has 0 N–H and O–H groups in total. The molecule has 2 rings (SSSR count). The van der Waals surface area contributed by atoms with Gasteiger partial charge in [-0.2, -0.15) is 0 Å². The van der Waals surface area contributed by atoms with Gasteiger partial charge in [0.25, 0.3) is 0 Å². The molecule has 0 spiro atoms. The minimum Gasteiger partial charge on any atom is -0.336 e. The van der Waals surface area contributed by atoms with E-state index in [4.69, 9.17) is 11.6 Å². The van der Waals surface area contributed by atoms with Gasteiger partial charge in [0, 0.05) is 22.5 Å². The van der Waals surface area contributed by atoms with Crippen molar-refractivity contribution in [2.24, 2.45) is 0 Å². The van der Waals surface area contributed by atoms with Gasteiger partial charge in [0.15, 0.2) is 0 Å². The summed E-state index contributed by atoms with van der Waals surface area (Å²) in [6, 6.07) is 8.17. The summed E-state index contributed by atoms with van der Waals surface area (Å²) in [5.74, 6) is 0. The molecule has 1 aromatic heterocycles. The third-order valence-corrected chi connectivity index (χ3v) is 3.26. The SMILES string of the molecule is CCn1c(I)cc2cc(Cl)ccc21. The zero-order chi connectivity index (χ0) is 9.42. The van der Waals surface area contributed by atoms with E-state index in [2.05, 4.69) is 46.2 Å². The molecule has 0 aliphatic heterocycles. The second kappa shape index (κ2) is 3.50. The maximum absolute atomic E-state index is 5.91. The van der Waals surface area contributed by atoms with Gasteiger partial charge in [-0.15, -0.1) is 0 Å². The molecule has 2 aromatic rings. The van der Waals surface area contributed by atoms with Crippen LogP contribution in [0.15, 0.2) is 24.3 Å². The number of benzene rings is 1. The average molecular weight is 306 g/mol. The van der Waals surface area contributed by atoms with E-state index >= 15 is 0 Å². The molecule has 3 heteroatoms. The second-order valence-electron chi connectivity index (χ2n) is 2.91. The predicted octanol–water partition coefficient (Wildman–Crippen LogP) is 3.92. The third kappa shape index (κ3) is 1.57. The van der Waals surface area contributed by atoms with Gasteiger partial charge in [-0.25, -0.2) is 0 Å². The van der Waals surface area contributed by atoms with E-state index < -0.39 is 0 Å². The van der Waals surface area contributed by atoms with Crippen molar-refractivity contribution < 1.29 is 0 Å². The van der Waals surface area contributed by atoms with Crippen molar-refractivity contribution in [1.29, 1.82) is 0 Å². The minimum absolute atomic E-state index is 0.803. The smallest absolute Gasteiger partial charge is 0.0809 e. The molecular formula is C10H9ClIN. The van der Waals surface area contributed by atoms with Crippen LogP contribution in [0.2, 0.25) is 5.02 Å². The van der Waals surface area contributed by atoms with Gasteiger partial charge in [-0.3, -0.25) is 0 Å². The van der Waals surface area contributed by atoms with Crippen molar-refractivity contribution in [2.45, 2.75) is 13.5 Å². The van der Waals surface area contributed by atoms with Crippen molar-refractivity contribution in [1.82, 2.24) is 4.57 Å². The van der Waals surface area contributed by atoms with Crippen molar-refractivity contribution in [3.05, 3.63) is 33.0 Å². The van der Waals surface area contributed by atoms with Crippen LogP contribution >= 0.6 is 34.2 Å². The van der Waals surface area contributed by atoms with Crippen LogP contribution < -0.4 is 0 Å². The predicted molar refractivity (Wildman–Crippen MR) is 65.3 cm³/mol. The Labute approximate surface area is 95.8 Å². The molecule has 1 heterocycles. The zero-order valence-electron chi connectivity index (χ0n) is 7.22. The highest BCUT2D eigenvalue weighted by Gasteiger charge is 2.04. The molecule has 13 heavy (non-hydrogen) atoms. The summed E-state index contributed by atoms with van der Waals surface area (Å²) >= 11 is 8.26. The lowest BCUT2D eigenvalue weighted by molar-refractivity contribution is 0.778. The number of aromatic nitrogens is 1. The zero-order valence-corrected chi connectivity index (χ0v) is 10.1. The summed E-state index contributed by atoms with van der Waals surface area (Å²) in [4.78, 5) is 0. The van der Waals surface area contributed by atoms with E-state index in [1.54, 1.807) is 0 Å². The van der Waals surface area contributed by atoms with Gasteiger partial charge in [-0.1, -0.05) is 11.6 Å². The Morgan fingerprint density at radius 1 is 1.38 bits per heavy atom. The Hall–Kier alpha value is -0.220. The number of halogens is 2. The molecule has 1 aromatic carbocycles. The number of nitrogens with zero attached hydrogens (tertiary/aromatic N) is 1. The van der Waals surface area contributed by atoms with E-state index in [1.165, 1.54) is 14.6 Å². The maximum atomic E-state index is 5.91. The quantitative estimate of drug-likeness (QED) is 0.704. The van der Waals surface area contributed by atoms with Crippen LogP contribution in [0.3, 0.4) is 0 Å². The summed E-state index contributed by atoms with van der Waals surface area (Å²) in [6.07, 6.45) is 0. The lowest BCUT2D eigenvalue weighted by Gasteiger charge is -2.01. The molecule has 0 aliphatic carbocycles. The highest BCUT2D eigenvalue weighted by atomic mass is 127. The highest BCUT2D eigenvalue weighted by molar-refractivity contribution is 14.1. The highest BCUT2D eigenvalue weighted by Crippen LogP contribution is 2.24. The first kappa shape index (κ1) is 9.34. The molecule has 0 aliphatic rings. The number of rotatable bonds is 1. The minimum atomic E-state index is 0.803. The number of hydrogen-bond donors (Lipinski definition) is 0. The maximum Gasteiger partial charge on any atom is 0.0809 e.